The van der Waals surface area contributed by atoms with Crippen LogP contribution in [0.5, 0.6) is 0 Å². The number of halogens is 2. The van der Waals surface area contributed by atoms with E-state index in [-0.39, 0.29) is 10.6 Å². The number of tetrazole rings is 1. The largest absolute Gasteiger partial charge is 0.452 e. The van der Waals surface area contributed by atoms with Gasteiger partial charge in [-0.05, 0) is 52.9 Å². The number of aromatic nitrogens is 4. The maximum absolute atomic E-state index is 13.1. The lowest BCUT2D eigenvalue weighted by Crippen LogP contribution is -2.21. The molecule has 1 aromatic heterocycles. The second-order valence-electron chi connectivity index (χ2n) is 5.05. The van der Waals surface area contributed by atoms with Crippen molar-refractivity contribution in [3.63, 3.8) is 0 Å². The number of nitrogens with zero attached hydrogens (tertiary/aromatic N) is 4. The summed E-state index contributed by atoms with van der Waals surface area (Å²) in [6.07, 6.45) is 1.42. The quantitative estimate of drug-likeness (QED) is 0.687. The second-order valence-corrected chi connectivity index (χ2v) is 5.46. The zero-order chi connectivity index (χ0) is 18.5. The average molecular weight is 376 g/mol. The van der Waals surface area contributed by atoms with Crippen molar-refractivity contribution < 1.29 is 18.7 Å². The highest BCUT2D eigenvalue weighted by Crippen LogP contribution is 2.19. The van der Waals surface area contributed by atoms with E-state index in [1.165, 1.54) is 35.3 Å². The molecule has 0 spiro atoms. The maximum atomic E-state index is 13.1. The predicted molar refractivity (Wildman–Crippen MR) is 89.5 cm³/mol. The molecule has 0 unspecified atom stereocenters. The second kappa shape index (κ2) is 7.70. The van der Waals surface area contributed by atoms with Gasteiger partial charge in [-0.25, -0.2) is 13.9 Å². The first kappa shape index (κ1) is 17.5. The van der Waals surface area contributed by atoms with Gasteiger partial charge in [0.05, 0.1) is 16.3 Å². The third kappa shape index (κ3) is 4.19. The van der Waals surface area contributed by atoms with Crippen molar-refractivity contribution >= 4 is 29.2 Å². The molecule has 0 saturated heterocycles. The van der Waals surface area contributed by atoms with E-state index in [0.29, 0.717) is 11.4 Å². The Hall–Kier alpha value is -3.33. The Bertz CT molecular complexity index is 932. The van der Waals surface area contributed by atoms with E-state index in [0.717, 1.165) is 6.07 Å². The summed E-state index contributed by atoms with van der Waals surface area (Å²) in [5.41, 5.74) is 1.22. The summed E-state index contributed by atoms with van der Waals surface area (Å²) in [5.74, 6) is -1.84. The fourth-order valence-corrected chi connectivity index (χ4v) is 2.20. The molecule has 0 aliphatic rings. The van der Waals surface area contributed by atoms with Crippen LogP contribution < -0.4 is 5.32 Å². The van der Waals surface area contributed by atoms with Gasteiger partial charge in [0.25, 0.3) is 5.91 Å². The summed E-state index contributed by atoms with van der Waals surface area (Å²) in [7, 11) is 0. The van der Waals surface area contributed by atoms with E-state index in [1.807, 2.05) is 0 Å². The molecule has 1 heterocycles. The third-order valence-electron chi connectivity index (χ3n) is 3.25. The molecule has 26 heavy (non-hydrogen) atoms. The molecule has 10 heteroatoms. The van der Waals surface area contributed by atoms with Crippen molar-refractivity contribution in [2.24, 2.45) is 0 Å². The minimum absolute atomic E-state index is 0.123. The molecule has 0 fully saturated rings. The molecule has 0 aliphatic heterocycles. The molecule has 0 saturated carbocycles. The lowest BCUT2D eigenvalue weighted by Gasteiger charge is -2.07. The van der Waals surface area contributed by atoms with Crippen molar-refractivity contribution in [1.29, 1.82) is 0 Å². The lowest BCUT2D eigenvalue weighted by molar-refractivity contribution is -0.119. The third-order valence-corrected chi connectivity index (χ3v) is 3.54. The number of rotatable bonds is 5. The van der Waals surface area contributed by atoms with Crippen LogP contribution in [-0.2, 0) is 9.53 Å². The number of nitrogens with one attached hydrogen (secondary N) is 1. The van der Waals surface area contributed by atoms with Gasteiger partial charge in [0, 0.05) is 5.69 Å². The van der Waals surface area contributed by atoms with E-state index in [4.69, 9.17) is 16.3 Å². The van der Waals surface area contributed by atoms with Crippen molar-refractivity contribution in [3.8, 4) is 5.69 Å². The monoisotopic (exact) mass is 375 g/mol. The fraction of sp³-hybridized carbons (Fsp3) is 0.0625. The molecule has 0 atom stereocenters. The normalized spacial score (nSPS) is 10.4. The maximum Gasteiger partial charge on any atom is 0.338 e. The number of carbonyl (C=O) groups excluding carboxylic acids is 2. The number of anilines is 1. The molecule has 0 radical (unpaired) electrons. The molecule has 3 rings (SSSR count). The molecule has 8 nitrogen and oxygen atoms in total. The Kier molecular flexibility index (Phi) is 5.18. The van der Waals surface area contributed by atoms with Crippen molar-refractivity contribution in [2.75, 3.05) is 11.9 Å². The van der Waals surface area contributed by atoms with E-state index in [9.17, 15) is 14.0 Å². The van der Waals surface area contributed by atoms with Gasteiger partial charge in [-0.1, -0.05) is 11.6 Å². The van der Waals surface area contributed by atoms with Crippen LogP contribution in [0.15, 0.2) is 48.8 Å². The molecule has 3 aromatic rings. The van der Waals surface area contributed by atoms with Crippen molar-refractivity contribution in [1.82, 2.24) is 20.2 Å². The lowest BCUT2D eigenvalue weighted by atomic mass is 10.2. The molecule has 2 aromatic carbocycles. The van der Waals surface area contributed by atoms with Crippen molar-refractivity contribution in [3.05, 3.63) is 65.2 Å². The van der Waals surface area contributed by atoms with Crippen LogP contribution in [0, 0.1) is 5.82 Å². The molecule has 1 amide bonds. The van der Waals surface area contributed by atoms with Gasteiger partial charge in [0.2, 0.25) is 0 Å². The van der Waals surface area contributed by atoms with Gasteiger partial charge >= 0.3 is 5.97 Å². The van der Waals surface area contributed by atoms with Crippen LogP contribution in [0.4, 0.5) is 10.1 Å². The van der Waals surface area contributed by atoms with E-state index in [2.05, 4.69) is 20.8 Å². The summed E-state index contributed by atoms with van der Waals surface area (Å²) >= 11 is 5.63. The van der Waals surface area contributed by atoms with Crippen LogP contribution in [0.2, 0.25) is 5.02 Å². The Morgan fingerprint density at radius 2 is 1.96 bits per heavy atom. The SMILES string of the molecule is O=C(COC(=O)c1ccc(-n2cnnn2)cc1)Nc1ccc(F)c(Cl)c1. The van der Waals surface area contributed by atoms with Crippen LogP contribution in [0.1, 0.15) is 10.4 Å². The van der Waals surface area contributed by atoms with E-state index >= 15 is 0 Å². The summed E-state index contributed by atoms with van der Waals surface area (Å²) in [6.45, 7) is -0.497. The standard InChI is InChI=1S/C16H11ClFN5O3/c17-13-7-11(3-6-14(13)18)20-15(24)8-26-16(25)10-1-4-12(5-2-10)23-9-19-21-22-23/h1-7,9H,8H2,(H,20,24). The summed E-state index contributed by atoms with van der Waals surface area (Å²) in [4.78, 5) is 23.8. The number of carbonyl (C=O) groups is 2. The zero-order valence-corrected chi connectivity index (χ0v) is 13.9. The van der Waals surface area contributed by atoms with E-state index in [1.54, 1.807) is 12.1 Å². The number of ether oxygens (including phenoxy) is 1. The fourth-order valence-electron chi connectivity index (χ4n) is 2.02. The van der Waals surface area contributed by atoms with Gasteiger partial charge in [0.1, 0.15) is 12.1 Å². The van der Waals surface area contributed by atoms with Gasteiger partial charge < -0.3 is 10.1 Å². The minimum Gasteiger partial charge on any atom is -0.452 e. The Labute approximate surface area is 151 Å². The average Bonchev–Trinajstić information content (AvgIpc) is 3.18. The predicted octanol–water partition coefficient (Wildman–Crippen LogP) is 2.25. The highest BCUT2D eigenvalue weighted by atomic mass is 35.5. The van der Waals surface area contributed by atoms with Crippen LogP contribution in [-0.4, -0.2) is 38.7 Å². The number of hydrogen-bond acceptors (Lipinski definition) is 6. The summed E-state index contributed by atoms with van der Waals surface area (Å²) in [5, 5.41) is 13.1. The molecular weight excluding hydrogens is 365 g/mol. The summed E-state index contributed by atoms with van der Waals surface area (Å²) < 4.78 is 19.4. The molecule has 0 aliphatic carbocycles. The van der Waals surface area contributed by atoms with Crippen molar-refractivity contribution in [2.45, 2.75) is 0 Å². The Balaban J connectivity index is 1.54. The first-order valence-corrected chi connectivity index (χ1v) is 7.66. The van der Waals surface area contributed by atoms with E-state index < -0.39 is 24.3 Å². The number of hydrogen-bond donors (Lipinski definition) is 1. The first-order chi connectivity index (χ1) is 12.5. The van der Waals surface area contributed by atoms with Crippen LogP contribution in [0.3, 0.4) is 0 Å². The number of esters is 1. The topological polar surface area (TPSA) is 99.0 Å². The first-order valence-electron chi connectivity index (χ1n) is 7.28. The number of amides is 1. The van der Waals surface area contributed by atoms with Gasteiger partial charge in [-0.3, -0.25) is 4.79 Å². The Morgan fingerprint density at radius 1 is 1.19 bits per heavy atom. The molecule has 0 bridgehead atoms. The minimum atomic E-state index is -0.666. The highest BCUT2D eigenvalue weighted by molar-refractivity contribution is 6.31. The van der Waals surface area contributed by atoms with Crippen LogP contribution in [0.25, 0.3) is 5.69 Å². The summed E-state index contributed by atoms with van der Waals surface area (Å²) in [6, 6.07) is 10.0. The number of benzene rings is 2. The smallest absolute Gasteiger partial charge is 0.338 e. The van der Waals surface area contributed by atoms with Gasteiger partial charge in [-0.2, -0.15) is 0 Å². The molecule has 132 valence electrons. The molecular formula is C16H11ClFN5O3. The Morgan fingerprint density at radius 3 is 2.62 bits per heavy atom. The van der Waals surface area contributed by atoms with Gasteiger partial charge in [0.15, 0.2) is 6.61 Å². The highest BCUT2D eigenvalue weighted by Gasteiger charge is 2.11. The zero-order valence-electron chi connectivity index (χ0n) is 13.1. The van der Waals surface area contributed by atoms with Crippen LogP contribution >= 0.6 is 11.6 Å². The molecule has 1 N–H and O–H groups in total. The van der Waals surface area contributed by atoms with Gasteiger partial charge in [-0.15, -0.1) is 5.10 Å².